The lowest BCUT2D eigenvalue weighted by Gasteiger charge is -2.05. The van der Waals surface area contributed by atoms with Gasteiger partial charge in [-0.3, -0.25) is 14.9 Å². The van der Waals surface area contributed by atoms with Crippen molar-refractivity contribution in [2.24, 2.45) is 5.73 Å². The van der Waals surface area contributed by atoms with Crippen molar-refractivity contribution in [3.63, 3.8) is 0 Å². The summed E-state index contributed by atoms with van der Waals surface area (Å²) in [5.74, 6) is -1.95. The molecule has 0 aliphatic rings. The summed E-state index contributed by atoms with van der Waals surface area (Å²) in [6, 6.07) is 0.730. The zero-order chi connectivity index (χ0) is 14.2. The minimum absolute atomic E-state index is 0.0815. The molecule has 100 valence electrons. The van der Waals surface area contributed by atoms with E-state index in [4.69, 9.17) is 10.8 Å². The summed E-state index contributed by atoms with van der Waals surface area (Å²) in [5.41, 5.74) is 5.59. The molecule has 1 atom stereocenters. The second-order valence-electron chi connectivity index (χ2n) is 4.07. The molecule has 2 aromatic rings. The van der Waals surface area contributed by atoms with Gasteiger partial charge in [0, 0.05) is 12.6 Å². The van der Waals surface area contributed by atoms with E-state index >= 15 is 0 Å². The first kappa shape index (κ1) is 13.0. The number of halogens is 1. The highest BCUT2D eigenvalue weighted by Crippen LogP contribution is 2.30. The average molecular weight is 267 g/mol. The van der Waals surface area contributed by atoms with E-state index in [1.54, 1.807) is 0 Å². The average Bonchev–Trinajstić information content (AvgIpc) is 2.70. The Bertz CT molecular complexity index is 667. The number of nitro groups is 1. The lowest BCUT2D eigenvalue weighted by Crippen LogP contribution is -2.32. The summed E-state index contributed by atoms with van der Waals surface area (Å²) in [6.45, 7) is 0. The minimum atomic E-state index is -1.21. The molecule has 1 aromatic carbocycles. The number of carboxylic acid groups (broad SMARTS) is 1. The van der Waals surface area contributed by atoms with Crippen molar-refractivity contribution in [1.29, 1.82) is 0 Å². The fourth-order valence-electron chi connectivity index (χ4n) is 1.91. The normalized spacial score (nSPS) is 12.5. The van der Waals surface area contributed by atoms with Gasteiger partial charge in [-0.2, -0.15) is 0 Å². The van der Waals surface area contributed by atoms with Gasteiger partial charge in [0.1, 0.15) is 11.9 Å². The lowest BCUT2D eigenvalue weighted by atomic mass is 10.0. The van der Waals surface area contributed by atoms with E-state index in [0.717, 1.165) is 12.1 Å². The first-order chi connectivity index (χ1) is 8.90. The molecule has 7 nitrogen and oxygen atoms in total. The maximum atomic E-state index is 13.2. The van der Waals surface area contributed by atoms with Gasteiger partial charge < -0.3 is 15.8 Å². The third-order valence-electron chi connectivity index (χ3n) is 2.76. The van der Waals surface area contributed by atoms with Gasteiger partial charge in [-0.15, -0.1) is 0 Å². The number of aromatic amines is 1. The highest BCUT2D eigenvalue weighted by molar-refractivity contribution is 5.92. The van der Waals surface area contributed by atoms with Crippen molar-refractivity contribution in [3.8, 4) is 0 Å². The van der Waals surface area contributed by atoms with Gasteiger partial charge in [-0.25, -0.2) is 4.39 Å². The number of benzene rings is 1. The molecule has 19 heavy (non-hydrogen) atoms. The Morgan fingerprint density at radius 1 is 1.58 bits per heavy atom. The fourth-order valence-corrected chi connectivity index (χ4v) is 1.91. The third-order valence-corrected chi connectivity index (χ3v) is 2.76. The number of nitrogens with two attached hydrogens (primary N) is 1. The molecule has 2 rings (SSSR count). The predicted octanol–water partition coefficient (Wildman–Crippen LogP) is 1.17. The zero-order valence-electron chi connectivity index (χ0n) is 9.59. The zero-order valence-corrected chi connectivity index (χ0v) is 9.59. The topological polar surface area (TPSA) is 122 Å². The summed E-state index contributed by atoms with van der Waals surface area (Å²) in [5, 5.41) is 19.8. The highest BCUT2D eigenvalue weighted by Gasteiger charge is 2.22. The largest absolute Gasteiger partial charge is 0.480 e. The van der Waals surface area contributed by atoms with E-state index < -0.39 is 28.4 Å². The van der Waals surface area contributed by atoms with Crippen LogP contribution in [0.2, 0.25) is 0 Å². The summed E-state index contributed by atoms with van der Waals surface area (Å²) < 4.78 is 13.2. The van der Waals surface area contributed by atoms with E-state index in [-0.39, 0.29) is 17.3 Å². The molecule has 1 unspecified atom stereocenters. The first-order valence-corrected chi connectivity index (χ1v) is 5.32. The molecule has 0 aliphatic carbocycles. The van der Waals surface area contributed by atoms with Crippen LogP contribution in [0.15, 0.2) is 18.3 Å². The number of nitrogens with zero attached hydrogens (tertiary/aromatic N) is 1. The predicted molar refractivity (Wildman–Crippen MR) is 64.2 cm³/mol. The molecule has 0 saturated heterocycles. The molecular formula is C11H10FN3O4. The number of fused-ring (bicyclic) bond motifs is 1. The van der Waals surface area contributed by atoms with E-state index in [1.165, 1.54) is 6.20 Å². The molecule has 0 saturated carbocycles. The summed E-state index contributed by atoms with van der Waals surface area (Å²) in [6.07, 6.45) is 1.32. The Morgan fingerprint density at radius 3 is 2.84 bits per heavy atom. The number of carboxylic acids is 1. The number of nitro benzene ring substituents is 1. The minimum Gasteiger partial charge on any atom is -0.480 e. The van der Waals surface area contributed by atoms with E-state index in [9.17, 15) is 19.3 Å². The molecule has 4 N–H and O–H groups in total. The van der Waals surface area contributed by atoms with Gasteiger partial charge in [0.25, 0.3) is 5.69 Å². The van der Waals surface area contributed by atoms with Crippen LogP contribution < -0.4 is 5.73 Å². The number of aromatic nitrogens is 1. The van der Waals surface area contributed by atoms with Crippen LogP contribution in [-0.2, 0) is 11.2 Å². The van der Waals surface area contributed by atoms with Crippen molar-refractivity contribution in [2.75, 3.05) is 0 Å². The molecule has 1 heterocycles. The molecule has 0 aliphatic heterocycles. The Labute approximate surface area is 106 Å². The standard InChI is InChI=1S/C11H10FN3O4/c12-6-2-8-10(9(3-6)15(18)19)5(4-14-8)1-7(13)11(16)17/h2-4,7,14H,1,13H2,(H,16,17). The summed E-state index contributed by atoms with van der Waals surface area (Å²) >= 11 is 0. The molecule has 0 spiro atoms. The molecular weight excluding hydrogens is 257 g/mol. The van der Waals surface area contributed by atoms with Crippen molar-refractivity contribution < 1.29 is 19.2 Å². The molecule has 0 amide bonds. The number of aliphatic carboxylic acids is 1. The van der Waals surface area contributed by atoms with Crippen LogP contribution in [0.5, 0.6) is 0 Å². The second-order valence-corrected chi connectivity index (χ2v) is 4.07. The van der Waals surface area contributed by atoms with Crippen molar-refractivity contribution in [1.82, 2.24) is 4.98 Å². The van der Waals surface area contributed by atoms with Crippen LogP contribution in [-0.4, -0.2) is 27.0 Å². The molecule has 0 bridgehead atoms. The summed E-state index contributed by atoms with van der Waals surface area (Å²) in [7, 11) is 0. The number of non-ortho nitro benzene ring substituents is 1. The molecule has 8 heteroatoms. The Hall–Kier alpha value is -2.48. The Kier molecular flexibility index (Phi) is 3.17. The number of rotatable bonds is 4. The lowest BCUT2D eigenvalue weighted by molar-refractivity contribution is -0.383. The number of carbonyl (C=O) groups is 1. The van der Waals surface area contributed by atoms with E-state index in [1.807, 2.05) is 0 Å². The van der Waals surface area contributed by atoms with Gasteiger partial charge >= 0.3 is 5.97 Å². The molecule has 1 aromatic heterocycles. The maximum Gasteiger partial charge on any atom is 0.320 e. The second kappa shape index (κ2) is 4.65. The Balaban J connectivity index is 2.57. The van der Waals surface area contributed by atoms with Crippen LogP contribution in [0.4, 0.5) is 10.1 Å². The van der Waals surface area contributed by atoms with Crippen LogP contribution in [0.1, 0.15) is 5.56 Å². The van der Waals surface area contributed by atoms with Crippen molar-refractivity contribution in [2.45, 2.75) is 12.5 Å². The number of hydrogen-bond acceptors (Lipinski definition) is 4. The van der Waals surface area contributed by atoms with E-state index in [0.29, 0.717) is 5.56 Å². The highest BCUT2D eigenvalue weighted by atomic mass is 19.1. The van der Waals surface area contributed by atoms with Crippen LogP contribution in [0.3, 0.4) is 0 Å². The third kappa shape index (κ3) is 2.38. The van der Waals surface area contributed by atoms with E-state index in [2.05, 4.69) is 4.98 Å². The van der Waals surface area contributed by atoms with Crippen LogP contribution in [0.25, 0.3) is 10.9 Å². The fraction of sp³-hybridized carbons (Fsp3) is 0.182. The molecule has 0 radical (unpaired) electrons. The smallest absolute Gasteiger partial charge is 0.320 e. The summed E-state index contributed by atoms with van der Waals surface area (Å²) in [4.78, 5) is 23.6. The van der Waals surface area contributed by atoms with Crippen LogP contribution in [0, 0.1) is 15.9 Å². The SMILES string of the molecule is NC(Cc1c[nH]c2cc(F)cc([N+](=O)[O-])c12)C(=O)O. The first-order valence-electron chi connectivity index (χ1n) is 5.32. The van der Waals surface area contributed by atoms with Crippen molar-refractivity contribution in [3.05, 3.63) is 39.8 Å². The van der Waals surface area contributed by atoms with Crippen molar-refractivity contribution >= 4 is 22.6 Å². The van der Waals surface area contributed by atoms with Gasteiger partial charge in [0.05, 0.1) is 21.9 Å². The quantitative estimate of drug-likeness (QED) is 0.566. The van der Waals surface area contributed by atoms with Crippen LogP contribution >= 0.6 is 0 Å². The Morgan fingerprint density at radius 2 is 2.26 bits per heavy atom. The maximum absolute atomic E-state index is 13.2. The van der Waals surface area contributed by atoms with Gasteiger partial charge in [0.15, 0.2) is 0 Å². The molecule has 0 fully saturated rings. The van der Waals surface area contributed by atoms with Gasteiger partial charge in [-0.1, -0.05) is 0 Å². The monoisotopic (exact) mass is 267 g/mol. The number of H-pyrrole nitrogens is 1. The van der Waals surface area contributed by atoms with Gasteiger partial charge in [-0.05, 0) is 11.6 Å². The van der Waals surface area contributed by atoms with Gasteiger partial charge in [0.2, 0.25) is 0 Å². The number of hydrogen-bond donors (Lipinski definition) is 3. The number of nitrogens with one attached hydrogen (secondary N) is 1.